The van der Waals surface area contributed by atoms with Crippen molar-refractivity contribution in [3.63, 3.8) is 0 Å². The number of pyridine rings is 1. The Labute approximate surface area is 128 Å². The molecule has 0 unspecified atom stereocenters. The highest BCUT2D eigenvalue weighted by Crippen LogP contribution is 2.13. The molecule has 22 heavy (non-hydrogen) atoms. The van der Waals surface area contributed by atoms with Crippen LogP contribution in [0.2, 0.25) is 0 Å². The zero-order chi connectivity index (χ0) is 15.4. The maximum absolute atomic E-state index is 13.1. The van der Waals surface area contributed by atoms with Crippen molar-refractivity contribution < 1.29 is 14.2 Å². The number of anilines is 2. The van der Waals surface area contributed by atoms with Crippen LogP contribution in [-0.2, 0) is 0 Å². The van der Waals surface area contributed by atoms with E-state index in [0.29, 0.717) is 18.8 Å². The SMILES string of the molecule is O=C(Nc1cccc(F)c1)N1CCN(c2cccc[nH+]2)CC1. The summed E-state index contributed by atoms with van der Waals surface area (Å²) in [6.45, 7) is 2.78. The van der Waals surface area contributed by atoms with Gasteiger partial charge in [0.25, 0.3) is 5.82 Å². The first-order chi connectivity index (χ1) is 10.7. The Morgan fingerprint density at radius 3 is 2.59 bits per heavy atom. The van der Waals surface area contributed by atoms with E-state index in [9.17, 15) is 9.18 Å². The first-order valence-corrected chi connectivity index (χ1v) is 7.25. The van der Waals surface area contributed by atoms with Gasteiger partial charge in [-0.2, -0.15) is 0 Å². The molecule has 1 aromatic carbocycles. The molecule has 1 fully saturated rings. The molecule has 0 bridgehead atoms. The normalized spacial score (nSPS) is 14.8. The van der Waals surface area contributed by atoms with Gasteiger partial charge in [0.05, 0.1) is 19.3 Å². The summed E-state index contributed by atoms with van der Waals surface area (Å²) in [6, 6.07) is 11.7. The van der Waals surface area contributed by atoms with E-state index in [2.05, 4.69) is 15.2 Å². The minimum Gasteiger partial charge on any atom is -0.317 e. The minimum absolute atomic E-state index is 0.192. The monoisotopic (exact) mass is 301 g/mol. The van der Waals surface area contributed by atoms with Gasteiger partial charge in [-0.1, -0.05) is 12.1 Å². The number of hydrogen-bond donors (Lipinski definition) is 1. The molecule has 6 heteroatoms. The van der Waals surface area contributed by atoms with Gasteiger partial charge in [0.15, 0.2) is 0 Å². The second-order valence-electron chi connectivity index (χ2n) is 5.16. The van der Waals surface area contributed by atoms with Crippen molar-refractivity contribution in [1.29, 1.82) is 0 Å². The fourth-order valence-corrected chi connectivity index (χ4v) is 2.50. The van der Waals surface area contributed by atoms with E-state index < -0.39 is 0 Å². The molecular weight excluding hydrogens is 283 g/mol. The minimum atomic E-state index is -0.359. The Morgan fingerprint density at radius 1 is 1.09 bits per heavy atom. The van der Waals surface area contributed by atoms with Crippen LogP contribution in [0.1, 0.15) is 0 Å². The van der Waals surface area contributed by atoms with E-state index in [1.165, 1.54) is 12.1 Å². The van der Waals surface area contributed by atoms with Crippen LogP contribution in [-0.4, -0.2) is 37.1 Å². The number of aromatic amines is 1. The van der Waals surface area contributed by atoms with Gasteiger partial charge in [-0.3, -0.25) is 4.90 Å². The average molecular weight is 301 g/mol. The van der Waals surface area contributed by atoms with Gasteiger partial charge >= 0.3 is 6.03 Å². The molecule has 0 atom stereocenters. The molecule has 5 nitrogen and oxygen atoms in total. The van der Waals surface area contributed by atoms with Crippen molar-refractivity contribution in [3.05, 3.63) is 54.5 Å². The number of aromatic nitrogens is 1. The van der Waals surface area contributed by atoms with Gasteiger partial charge in [0.1, 0.15) is 18.9 Å². The van der Waals surface area contributed by atoms with E-state index in [1.807, 2.05) is 24.4 Å². The number of H-pyrrole nitrogens is 1. The lowest BCUT2D eigenvalue weighted by Gasteiger charge is -2.30. The molecule has 0 spiro atoms. The van der Waals surface area contributed by atoms with E-state index in [0.717, 1.165) is 18.9 Å². The standard InChI is InChI=1S/C16H17FN4O/c17-13-4-3-5-14(12-13)19-16(22)21-10-8-20(9-11-21)15-6-1-2-7-18-15/h1-7,12H,8-11H2,(H,19,22)/p+1. The van der Waals surface area contributed by atoms with E-state index in [-0.39, 0.29) is 11.8 Å². The fraction of sp³-hybridized carbons (Fsp3) is 0.250. The molecule has 2 amide bonds. The van der Waals surface area contributed by atoms with Crippen LogP contribution in [0.5, 0.6) is 0 Å². The number of carbonyl (C=O) groups excluding carboxylic acids is 1. The van der Waals surface area contributed by atoms with Gasteiger partial charge in [0.2, 0.25) is 0 Å². The van der Waals surface area contributed by atoms with Crippen molar-refractivity contribution in [2.45, 2.75) is 0 Å². The molecule has 1 aromatic heterocycles. The largest absolute Gasteiger partial charge is 0.322 e. The van der Waals surface area contributed by atoms with Crippen LogP contribution < -0.4 is 15.2 Å². The molecule has 2 N–H and O–H groups in total. The van der Waals surface area contributed by atoms with Gasteiger partial charge < -0.3 is 10.2 Å². The van der Waals surface area contributed by atoms with Gasteiger partial charge in [0, 0.05) is 11.8 Å². The zero-order valence-corrected chi connectivity index (χ0v) is 12.1. The van der Waals surface area contributed by atoms with E-state index in [4.69, 9.17) is 0 Å². The summed E-state index contributed by atoms with van der Waals surface area (Å²) in [7, 11) is 0. The summed E-state index contributed by atoms with van der Waals surface area (Å²) >= 11 is 0. The van der Waals surface area contributed by atoms with E-state index >= 15 is 0 Å². The van der Waals surface area contributed by atoms with Crippen molar-refractivity contribution in [1.82, 2.24) is 4.90 Å². The van der Waals surface area contributed by atoms with E-state index in [1.54, 1.807) is 17.0 Å². The van der Waals surface area contributed by atoms with Crippen LogP contribution in [0.25, 0.3) is 0 Å². The van der Waals surface area contributed by atoms with Crippen LogP contribution in [0, 0.1) is 5.82 Å². The lowest BCUT2D eigenvalue weighted by atomic mass is 10.3. The van der Waals surface area contributed by atoms with Gasteiger partial charge in [-0.15, -0.1) is 0 Å². The lowest BCUT2D eigenvalue weighted by molar-refractivity contribution is -0.364. The topological polar surface area (TPSA) is 49.7 Å². The summed E-state index contributed by atoms with van der Waals surface area (Å²) in [6.07, 6.45) is 1.89. The van der Waals surface area contributed by atoms with Gasteiger partial charge in [-0.05, 0) is 24.3 Å². The van der Waals surface area contributed by atoms with Gasteiger partial charge in [-0.25, -0.2) is 14.2 Å². The second-order valence-corrected chi connectivity index (χ2v) is 5.16. The molecule has 1 aliphatic rings. The summed E-state index contributed by atoms with van der Waals surface area (Å²) in [5, 5.41) is 2.73. The maximum Gasteiger partial charge on any atom is 0.322 e. The lowest BCUT2D eigenvalue weighted by Crippen LogP contribution is -2.51. The van der Waals surface area contributed by atoms with Crippen molar-refractivity contribution in [2.75, 3.05) is 36.4 Å². The summed E-state index contributed by atoms with van der Waals surface area (Å²) in [4.78, 5) is 19.3. The summed E-state index contributed by atoms with van der Waals surface area (Å²) in [5.41, 5.74) is 0.476. The van der Waals surface area contributed by atoms with Crippen LogP contribution in [0.15, 0.2) is 48.7 Å². The van der Waals surface area contributed by atoms with Crippen molar-refractivity contribution in [2.24, 2.45) is 0 Å². The van der Waals surface area contributed by atoms with Crippen LogP contribution in [0.3, 0.4) is 0 Å². The smallest absolute Gasteiger partial charge is 0.317 e. The zero-order valence-electron chi connectivity index (χ0n) is 12.1. The highest BCUT2D eigenvalue weighted by atomic mass is 19.1. The number of benzene rings is 1. The predicted molar refractivity (Wildman–Crippen MR) is 82.2 cm³/mol. The maximum atomic E-state index is 13.1. The molecule has 3 rings (SSSR count). The number of nitrogens with one attached hydrogen (secondary N) is 2. The third-order valence-electron chi connectivity index (χ3n) is 3.68. The molecule has 0 aliphatic carbocycles. The summed E-state index contributed by atoms with van der Waals surface area (Å²) < 4.78 is 13.1. The molecule has 2 heterocycles. The first-order valence-electron chi connectivity index (χ1n) is 7.25. The number of carbonyl (C=O) groups is 1. The third kappa shape index (κ3) is 3.33. The average Bonchev–Trinajstić information content (AvgIpc) is 2.56. The Hall–Kier alpha value is -2.63. The van der Waals surface area contributed by atoms with Crippen LogP contribution >= 0.6 is 0 Å². The Kier molecular flexibility index (Phi) is 4.18. The molecule has 2 aromatic rings. The fourth-order valence-electron chi connectivity index (χ4n) is 2.50. The third-order valence-corrected chi connectivity index (χ3v) is 3.68. The number of hydrogen-bond acceptors (Lipinski definition) is 2. The second kappa shape index (κ2) is 6.43. The molecule has 0 radical (unpaired) electrons. The Balaban J connectivity index is 1.56. The molecular formula is C16H18FN4O+. The Morgan fingerprint density at radius 2 is 1.91 bits per heavy atom. The molecule has 114 valence electrons. The molecule has 1 aliphatic heterocycles. The summed E-state index contributed by atoms with van der Waals surface area (Å²) in [5.74, 6) is 0.690. The highest BCUT2D eigenvalue weighted by Gasteiger charge is 2.25. The first kappa shape index (κ1) is 14.3. The molecule has 0 saturated carbocycles. The quantitative estimate of drug-likeness (QED) is 0.922. The van der Waals surface area contributed by atoms with Crippen LogP contribution in [0.4, 0.5) is 20.7 Å². The predicted octanol–water partition coefficient (Wildman–Crippen LogP) is 1.99. The number of urea groups is 1. The van der Waals surface area contributed by atoms with Crippen molar-refractivity contribution >= 4 is 17.5 Å². The number of piperazine rings is 1. The number of rotatable bonds is 2. The number of amides is 2. The number of halogens is 1. The number of nitrogens with zero attached hydrogens (tertiary/aromatic N) is 2. The van der Waals surface area contributed by atoms with Crippen molar-refractivity contribution in [3.8, 4) is 0 Å². The Bertz CT molecular complexity index is 642. The molecule has 1 saturated heterocycles. The highest BCUT2D eigenvalue weighted by molar-refractivity contribution is 5.89.